The van der Waals surface area contributed by atoms with Gasteiger partial charge < -0.3 is 16.4 Å². The van der Waals surface area contributed by atoms with Gasteiger partial charge in [0.05, 0.1) is 0 Å². The third-order valence-electron chi connectivity index (χ3n) is 0. The maximum Gasteiger partial charge on any atom is 2.00 e. The molecule has 0 amide bonds. The summed E-state index contributed by atoms with van der Waals surface area (Å²) in [6, 6.07) is 0. The molecular weight excluding hydrogens is 250 g/mol. The zero-order chi connectivity index (χ0) is 0. The Labute approximate surface area is 85.2 Å². The van der Waals surface area contributed by atoms with Gasteiger partial charge in [-0.15, -0.1) is 0 Å². The molecule has 24 valence electrons. The monoisotopic (exact) mass is 250 g/mol. The van der Waals surface area contributed by atoms with E-state index in [1.807, 2.05) is 0 Å². The van der Waals surface area contributed by atoms with E-state index in [2.05, 4.69) is 0 Å². The molecule has 0 aromatic rings. The molecule has 0 unspecified atom stereocenters. The summed E-state index contributed by atoms with van der Waals surface area (Å²) in [6.45, 7) is 0. The van der Waals surface area contributed by atoms with Crippen LogP contribution in [0.2, 0.25) is 0 Å². The predicted molar refractivity (Wildman–Crippen MR) is 7.81 cm³/mol. The van der Waals surface area contributed by atoms with Gasteiger partial charge in [0.1, 0.15) is 0 Å². The van der Waals surface area contributed by atoms with E-state index >= 15 is 0 Å². The average molecular weight is 250 g/mol. The molecular formula is CdMgO3Zn. The second kappa shape index (κ2) is 57.4. The summed E-state index contributed by atoms with van der Waals surface area (Å²) in [6.07, 6.45) is 0. The molecule has 3 nitrogen and oxygen atoms in total. The summed E-state index contributed by atoms with van der Waals surface area (Å²) in [5.41, 5.74) is 0. The summed E-state index contributed by atoms with van der Waals surface area (Å²) >= 11 is 0. The van der Waals surface area contributed by atoms with Crippen molar-refractivity contribution in [3.63, 3.8) is 0 Å². The van der Waals surface area contributed by atoms with E-state index in [9.17, 15) is 0 Å². The molecule has 0 rings (SSSR count). The van der Waals surface area contributed by atoms with E-state index in [4.69, 9.17) is 0 Å². The van der Waals surface area contributed by atoms with Gasteiger partial charge in [0.2, 0.25) is 0 Å². The third kappa shape index (κ3) is 34.7. The molecule has 0 N–H and O–H groups in total. The van der Waals surface area contributed by atoms with Crippen molar-refractivity contribution in [1.82, 2.24) is 0 Å². The minimum atomic E-state index is 0. The summed E-state index contributed by atoms with van der Waals surface area (Å²) in [4.78, 5) is 0. The van der Waals surface area contributed by atoms with Crippen LogP contribution in [0.4, 0.5) is 0 Å². The Bertz CT molecular complexity index is 10.8. The van der Waals surface area contributed by atoms with Gasteiger partial charge in [-0.25, -0.2) is 0 Å². The van der Waals surface area contributed by atoms with Crippen molar-refractivity contribution in [3.05, 3.63) is 0 Å². The van der Waals surface area contributed by atoms with E-state index in [1.165, 1.54) is 0 Å². The summed E-state index contributed by atoms with van der Waals surface area (Å²) in [5.74, 6) is 0. The van der Waals surface area contributed by atoms with Crippen LogP contribution in [0, 0.1) is 0 Å². The van der Waals surface area contributed by atoms with Gasteiger partial charge in [0.25, 0.3) is 0 Å². The first-order valence-electron chi connectivity index (χ1n) is 0. The number of hydrogen-bond acceptors (Lipinski definition) is 0. The van der Waals surface area contributed by atoms with Crippen molar-refractivity contribution in [2.24, 2.45) is 0 Å². The Morgan fingerprint density at radius 3 is 0.667 bits per heavy atom. The van der Waals surface area contributed by atoms with Crippen molar-refractivity contribution >= 4 is 23.1 Å². The normalized spacial score (nSPS) is 0. The van der Waals surface area contributed by atoms with Crippen molar-refractivity contribution in [2.45, 2.75) is 0 Å². The van der Waals surface area contributed by atoms with Crippen molar-refractivity contribution in [3.8, 4) is 0 Å². The van der Waals surface area contributed by atoms with Crippen molar-refractivity contribution in [1.29, 1.82) is 0 Å². The van der Waals surface area contributed by atoms with Crippen LogP contribution in [0.3, 0.4) is 0 Å². The number of rotatable bonds is 0. The topological polar surface area (TPSA) is 85.5 Å². The van der Waals surface area contributed by atoms with Crippen LogP contribution in [0.5, 0.6) is 0 Å². The molecule has 0 aliphatic heterocycles. The summed E-state index contributed by atoms with van der Waals surface area (Å²) in [7, 11) is 0. The van der Waals surface area contributed by atoms with Crippen LogP contribution in [-0.2, 0) is 63.2 Å². The molecule has 0 aromatic carbocycles. The Morgan fingerprint density at radius 1 is 0.667 bits per heavy atom. The maximum absolute atomic E-state index is 0. The molecule has 0 fully saturated rings. The molecule has 0 bridgehead atoms. The standard InChI is InChI=1S/Cd.Mg.3O.Zn/q2*+2;3*-2;+2. The van der Waals surface area contributed by atoms with Gasteiger partial charge in [-0.1, -0.05) is 0 Å². The van der Waals surface area contributed by atoms with Crippen LogP contribution in [0.25, 0.3) is 0 Å². The molecule has 6 heteroatoms. The van der Waals surface area contributed by atoms with E-state index in [-0.39, 0.29) is 86.3 Å². The van der Waals surface area contributed by atoms with E-state index < -0.39 is 0 Å². The molecule has 0 saturated heterocycles. The first kappa shape index (κ1) is 88.2. The van der Waals surface area contributed by atoms with Gasteiger partial charge >= 0.3 is 69.8 Å². The zero-order valence-electron chi connectivity index (χ0n) is 3.35. The molecule has 0 aliphatic carbocycles. The first-order valence-corrected chi connectivity index (χ1v) is 0. The Morgan fingerprint density at radius 2 is 0.667 bits per heavy atom. The Kier molecular flexibility index (Phi) is 844. The molecule has 0 aromatic heterocycles. The Hall–Kier alpha value is 2.19. The predicted octanol–water partition coefficient (Wildman–Crippen LogP) is -0.742. The summed E-state index contributed by atoms with van der Waals surface area (Å²) in [5, 5.41) is 0. The average Bonchev–Trinajstić information content (AvgIpc) is 0. The summed E-state index contributed by atoms with van der Waals surface area (Å²) < 4.78 is 0. The smallest absolute Gasteiger partial charge is 2.00 e. The fourth-order valence-corrected chi connectivity index (χ4v) is 0. The largest absolute Gasteiger partial charge is 2.00 e. The molecule has 0 saturated carbocycles. The third-order valence-corrected chi connectivity index (χ3v) is 0. The first-order chi connectivity index (χ1) is 0. The fraction of sp³-hybridized carbons (Fsp3) is 0. The SMILES string of the molecule is [Cd+2].[Mg+2].[O-2].[O-2].[O-2].[Zn+2]. The quantitative estimate of drug-likeness (QED) is 0.507. The zero-order valence-corrected chi connectivity index (χ0v) is 11.8. The van der Waals surface area contributed by atoms with Gasteiger partial charge in [0, 0.05) is 0 Å². The van der Waals surface area contributed by atoms with E-state index in [0.29, 0.717) is 0 Å². The van der Waals surface area contributed by atoms with E-state index in [1.54, 1.807) is 0 Å². The van der Waals surface area contributed by atoms with Crippen LogP contribution >= 0.6 is 0 Å². The van der Waals surface area contributed by atoms with Crippen LogP contribution in [0.1, 0.15) is 0 Å². The Balaban J connectivity index is 0. The second-order valence-electron chi connectivity index (χ2n) is 0. The maximum atomic E-state index is 0. The van der Waals surface area contributed by atoms with Crippen LogP contribution in [0.15, 0.2) is 0 Å². The van der Waals surface area contributed by atoms with Crippen LogP contribution < -0.4 is 0 Å². The van der Waals surface area contributed by atoms with Gasteiger partial charge in [-0.05, 0) is 0 Å². The van der Waals surface area contributed by atoms with Gasteiger partial charge in [0.15, 0.2) is 0 Å². The van der Waals surface area contributed by atoms with E-state index in [0.717, 1.165) is 0 Å². The van der Waals surface area contributed by atoms with Gasteiger partial charge in [-0.3, -0.25) is 0 Å². The minimum absolute atomic E-state index is 0. The molecule has 0 heterocycles. The van der Waals surface area contributed by atoms with Gasteiger partial charge in [-0.2, -0.15) is 0 Å². The molecule has 0 atom stereocenters. The molecule has 0 spiro atoms. The second-order valence-corrected chi connectivity index (χ2v) is 0. The molecule has 0 aliphatic rings. The number of hydrogen-bond donors (Lipinski definition) is 0. The van der Waals surface area contributed by atoms with Crippen molar-refractivity contribution in [2.75, 3.05) is 0 Å². The van der Waals surface area contributed by atoms with Crippen molar-refractivity contribution < 1.29 is 63.2 Å². The fourth-order valence-electron chi connectivity index (χ4n) is 0. The minimum Gasteiger partial charge on any atom is -2.00 e. The molecule has 0 radical (unpaired) electrons. The molecule has 6 heavy (non-hydrogen) atoms. The van der Waals surface area contributed by atoms with Crippen LogP contribution in [-0.4, -0.2) is 23.1 Å².